The number of hydrogen-bond acceptors (Lipinski definition) is 5. The summed E-state index contributed by atoms with van der Waals surface area (Å²) in [4.78, 5) is 11.9. The number of rotatable bonds is 7. The molecule has 2 N–H and O–H groups in total. The summed E-state index contributed by atoms with van der Waals surface area (Å²) < 4.78 is 15.7. The van der Waals surface area contributed by atoms with Crippen LogP contribution in [0.15, 0.2) is 18.2 Å². The molecule has 1 atom stereocenters. The fourth-order valence-electron chi connectivity index (χ4n) is 1.95. The molecule has 130 valence electrons. The van der Waals surface area contributed by atoms with Crippen molar-refractivity contribution < 1.29 is 19.0 Å². The monoisotopic (exact) mass is 324 g/mol. The molecule has 1 rings (SSSR count). The summed E-state index contributed by atoms with van der Waals surface area (Å²) in [5.74, 6) is 0.569. The molecule has 6 nitrogen and oxygen atoms in total. The molecule has 0 saturated heterocycles. The Balaban J connectivity index is 2.74. The first-order valence-corrected chi connectivity index (χ1v) is 7.68. The third-order valence-corrected chi connectivity index (χ3v) is 3.01. The summed E-state index contributed by atoms with van der Waals surface area (Å²) in [6.07, 6.45) is 0.390. The van der Waals surface area contributed by atoms with Crippen LogP contribution in [0.25, 0.3) is 0 Å². The summed E-state index contributed by atoms with van der Waals surface area (Å²) in [5, 5.41) is 6.07. The molecule has 0 aliphatic heterocycles. The first-order chi connectivity index (χ1) is 10.7. The first-order valence-electron chi connectivity index (χ1n) is 7.68. The van der Waals surface area contributed by atoms with Crippen molar-refractivity contribution in [2.24, 2.45) is 0 Å². The van der Waals surface area contributed by atoms with E-state index in [9.17, 15) is 4.79 Å². The van der Waals surface area contributed by atoms with Gasteiger partial charge >= 0.3 is 6.09 Å². The van der Waals surface area contributed by atoms with Crippen molar-refractivity contribution in [2.45, 2.75) is 45.8 Å². The van der Waals surface area contributed by atoms with Gasteiger partial charge in [0.15, 0.2) is 0 Å². The Morgan fingerprint density at radius 2 is 1.96 bits per heavy atom. The van der Waals surface area contributed by atoms with Crippen LogP contribution >= 0.6 is 0 Å². The molecule has 0 radical (unpaired) electrons. The largest absolute Gasteiger partial charge is 0.494 e. The van der Waals surface area contributed by atoms with Crippen LogP contribution in [0, 0.1) is 0 Å². The smallest absolute Gasteiger partial charge is 0.412 e. The van der Waals surface area contributed by atoms with Gasteiger partial charge in [0, 0.05) is 31.5 Å². The first kappa shape index (κ1) is 19.1. The van der Waals surface area contributed by atoms with Gasteiger partial charge < -0.3 is 19.5 Å². The zero-order valence-electron chi connectivity index (χ0n) is 14.9. The molecular formula is C17H28N2O4. The van der Waals surface area contributed by atoms with E-state index in [2.05, 4.69) is 17.6 Å². The lowest BCUT2D eigenvalue weighted by Gasteiger charge is -2.21. The van der Waals surface area contributed by atoms with Crippen molar-refractivity contribution in [3.8, 4) is 5.75 Å². The van der Waals surface area contributed by atoms with Gasteiger partial charge in [-0.15, -0.1) is 0 Å². The molecule has 1 aromatic carbocycles. The van der Waals surface area contributed by atoms with Gasteiger partial charge in [0.25, 0.3) is 0 Å². The van der Waals surface area contributed by atoms with E-state index in [-0.39, 0.29) is 6.04 Å². The highest BCUT2D eigenvalue weighted by Gasteiger charge is 2.17. The SMILES string of the molecule is COCCC(C)Nc1ccc(NC(=O)OC(C)(C)C)c(OC)c1. The van der Waals surface area contributed by atoms with Crippen LogP contribution in [-0.2, 0) is 9.47 Å². The number of benzene rings is 1. The third-order valence-electron chi connectivity index (χ3n) is 3.01. The maximum Gasteiger partial charge on any atom is 0.412 e. The Bertz CT molecular complexity index is 512. The predicted octanol–water partition coefficient (Wildman–Crippen LogP) is 3.88. The number of carbonyl (C=O) groups is 1. The van der Waals surface area contributed by atoms with Gasteiger partial charge in [0.2, 0.25) is 0 Å². The Morgan fingerprint density at radius 1 is 1.26 bits per heavy atom. The van der Waals surface area contributed by atoms with Gasteiger partial charge in [-0.05, 0) is 46.2 Å². The molecule has 0 aliphatic rings. The molecule has 0 aliphatic carbocycles. The van der Waals surface area contributed by atoms with E-state index < -0.39 is 11.7 Å². The Morgan fingerprint density at radius 3 is 2.52 bits per heavy atom. The second-order valence-corrected chi connectivity index (χ2v) is 6.37. The summed E-state index contributed by atoms with van der Waals surface area (Å²) >= 11 is 0. The second-order valence-electron chi connectivity index (χ2n) is 6.37. The highest BCUT2D eigenvalue weighted by atomic mass is 16.6. The number of carbonyl (C=O) groups excluding carboxylic acids is 1. The van der Waals surface area contributed by atoms with Gasteiger partial charge in [-0.2, -0.15) is 0 Å². The standard InChI is InChI=1S/C17H28N2O4/c1-12(9-10-21-5)18-13-7-8-14(15(11-13)22-6)19-16(20)23-17(2,3)4/h7-8,11-12,18H,9-10H2,1-6H3,(H,19,20). The molecule has 0 saturated carbocycles. The Hall–Kier alpha value is -1.95. The van der Waals surface area contributed by atoms with Gasteiger partial charge in [0.05, 0.1) is 12.8 Å². The van der Waals surface area contributed by atoms with E-state index in [1.54, 1.807) is 20.3 Å². The van der Waals surface area contributed by atoms with Crippen molar-refractivity contribution in [3.63, 3.8) is 0 Å². The molecular weight excluding hydrogens is 296 g/mol. The molecule has 0 heterocycles. The molecule has 1 aromatic rings. The maximum atomic E-state index is 11.9. The van der Waals surface area contributed by atoms with Gasteiger partial charge in [-0.1, -0.05) is 0 Å². The van der Waals surface area contributed by atoms with Gasteiger partial charge in [-0.25, -0.2) is 4.79 Å². The van der Waals surface area contributed by atoms with Crippen LogP contribution in [0.2, 0.25) is 0 Å². The van der Waals surface area contributed by atoms with E-state index >= 15 is 0 Å². The summed E-state index contributed by atoms with van der Waals surface area (Å²) in [6.45, 7) is 8.23. The normalized spacial score (nSPS) is 12.4. The fraction of sp³-hybridized carbons (Fsp3) is 0.588. The molecule has 0 bridgehead atoms. The minimum atomic E-state index is -0.546. The molecule has 1 unspecified atom stereocenters. The van der Waals surface area contributed by atoms with Crippen molar-refractivity contribution in [3.05, 3.63) is 18.2 Å². The van der Waals surface area contributed by atoms with Crippen LogP contribution in [0.3, 0.4) is 0 Å². The molecule has 0 fully saturated rings. The summed E-state index contributed by atoms with van der Waals surface area (Å²) in [5.41, 5.74) is 0.937. The van der Waals surface area contributed by atoms with E-state index in [4.69, 9.17) is 14.2 Å². The fourth-order valence-corrected chi connectivity index (χ4v) is 1.95. The summed E-state index contributed by atoms with van der Waals surface area (Å²) in [7, 11) is 3.25. The van der Waals surface area contributed by atoms with E-state index in [1.165, 1.54) is 0 Å². The van der Waals surface area contributed by atoms with Gasteiger partial charge in [-0.3, -0.25) is 5.32 Å². The van der Waals surface area contributed by atoms with E-state index in [0.717, 1.165) is 12.1 Å². The lowest BCUT2D eigenvalue weighted by Crippen LogP contribution is -2.27. The summed E-state index contributed by atoms with van der Waals surface area (Å²) in [6, 6.07) is 5.78. The average molecular weight is 324 g/mol. The topological polar surface area (TPSA) is 68.8 Å². The van der Waals surface area contributed by atoms with Crippen LogP contribution < -0.4 is 15.4 Å². The van der Waals surface area contributed by atoms with Crippen molar-refractivity contribution in [1.82, 2.24) is 0 Å². The molecule has 0 spiro atoms. The van der Waals surface area contributed by atoms with Gasteiger partial charge in [0.1, 0.15) is 11.4 Å². The Labute approximate surface area is 138 Å². The highest BCUT2D eigenvalue weighted by Crippen LogP contribution is 2.29. The number of ether oxygens (including phenoxy) is 3. The van der Waals surface area contributed by atoms with E-state index in [1.807, 2.05) is 32.9 Å². The minimum Gasteiger partial charge on any atom is -0.494 e. The van der Waals surface area contributed by atoms with Crippen molar-refractivity contribution in [2.75, 3.05) is 31.5 Å². The molecule has 23 heavy (non-hydrogen) atoms. The van der Waals surface area contributed by atoms with Crippen molar-refractivity contribution in [1.29, 1.82) is 0 Å². The number of amides is 1. The van der Waals surface area contributed by atoms with Crippen LogP contribution in [0.1, 0.15) is 34.1 Å². The zero-order valence-corrected chi connectivity index (χ0v) is 14.9. The molecule has 0 aromatic heterocycles. The number of anilines is 2. The lowest BCUT2D eigenvalue weighted by atomic mass is 10.2. The maximum absolute atomic E-state index is 11.9. The van der Waals surface area contributed by atoms with Crippen molar-refractivity contribution >= 4 is 17.5 Å². The number of nitrogens with one attached hydrogen (secondary N) is 2. The second kappa shape index (κ2) is 8.62. The zero-order chi connectivity index (χ0) is 17.5. The number of hydrogen-bond donors (Lipinski definition) is 2. The highest BCUT2D eigenvalue weighted by molar-refractivity contribution is 5.87. The number of methoxy groups -OCH3 is 2. The average Bonchev–Trinajstić information content (AvgIpc) is 2.44. The predicted molar refractivity (Wildman–Crippen MR) is 92.4 cm³/mol. The quantitative estimate of drug-likeness (QED) is 0.796. The third kappa shape index (κ3) is 7.23. The Kier molecular flexibility index (Phi) is 7.16. The lowest BCUT2D eigenvalue weighted by molar-refractivity contribution is 0.0635. The van der Waals surface area contributed by atoms with Crippen LogP contribution in [0.5, 0.6) is 5.75 Å². The van der Waals surface area contributed by atoms with Crippen LogP contribution in [0.4, 0.5) is 16.2 Å². The van der Waals surface area contributed by atoms with Crippen LogP contribution in [-0.4, -0.2) is 38.6 Å². The minimum absolute atomic E-state index is 0.268. The molecule has 6 heteroatoms. The molecule has 1 amide bonds. The van der Waals surface area contributed by atoms with E-state index in [0.29, 0.717) is 18.0 Å².